The van der Waals surface area contributed by atoms with Gasteiger partial charge < -0.3 is 30.0 Å². The van der Waals surface area contributed by atoms with Gasteiger partial charge in [-0.15, -0.1) is 0 Å². The molecule has 6 nitrogen and oxygen atoms in total. The van der Waals surface area contributed by atoms with Gasteiger partial charge in [-0.05, 0) is 19.6 Å². The van der Waals surface area contributed by atoms with Crippen LogP contribution in [0.2, 0.25) is 19.6 Å². The van der Waals surface area contributed by atoms with Crippen molar-refractivity contribution >= 4 is 8.32 Å². The van der Waals surface area contributed by atoms with E-state index in [4.69, 9.17) is 30.0 Å². The molecule has 0 aliphatic rings. The van der Waals surface area contributed by atoms with Crippen molar-refractivity contribution in [2.75, 3.05) is 26.4 Å². The highest BCUT2D eigenvalue weighted by Gasteiger charge is 2.15. The maximum Gasteiger partial charge on any atom is 0.183 e. The highest BCUT2D eigenvalue weighted by Crippen LogP contribution is 2.02. The van der Waals surface area contributed by atoms with Crippen molar-refractivity contribution in [1.82, 2.24) is 0 Å². The average molecular weight is 256 g/mol. The first kappa shape index (κ1) is 18.3. The Hall–Kier alpha value is -0.0231. The third-order valence-corrected chi connectivity index (χ3v) is 2.37. The fourth-order valence-corrected chi connectivity index (χ4v) is 1.15. The molecule has 0 fully saturated rings. The summed E-state index contributed by atoms with van der Waals surface area (Å²) in [6, 6.07) is 0. The maximum absolute atomic E-state index is 8.87. The highest BCUT2D eigenvalue weighted by molar-refractivity contribution is 6.69. The molecule has 1 unspecified atom stereocenters. The summed E-state index contributed by atoms with van der Waals surface area (Å²) in [5, 5.41) is 41.3. The first-order valence-electron chi connectivity index (χ1n) is 5.09. The van der Waals surface area contributed by atoms with Crippen LogP contribution in [0.3, 0.4) is 0 Å². The molecule has 1 atom stereocenters. The van der Waals surface area contributed by atoms with Crippen molar-refractivity contribution in [3.63, 3.8) is 0 Å². The summed E-state index contributed by atoms with van der Waals surface area (Å²) in [6.07, 6.45) is -1.67. The van der Waals surface area contributed by atoms with Crippen molar-refractivity contribution in [1.29, 1.82) is 0 Å². The van der Waals surface area contributed by atoms with Crippen molar-refractivity contribution < 1.29 is 30.0 Å². The lowest BCUT2D eigenvalue weighted by Gasteiger charge is -2.18. The second kappa shape index (κ2) is 10.2. The smallest absolute Gasteiger partial charge is 0.183 e. The van der Waals surface area contributed by atoms with Gasteiger partial charge in [-0.3, -0.25) is 0 Å². The molecular formula is C9H24O6Si. The van der Waals surface area contributed by atoms with E-state index in [2.05, 4.69) is 0 Å². The zero-order valence-corrected chi connectivity index (χ0v) is 11.1. The average Bonchev–Trinajstić information content (AvgIpc) is 2.24. The number of aliphatic hydroxyl groups excluding tert-OH is 5. The summed E-state index contributed by atoms with van der Waals surface area (Å²) < 4.78 is 5.31. The van der Waals surface area contributed by atoms with Crippen molar-refractivity contribution in [3.8, 4) is 0 Å². The van der Waals surface area contributed by atoms with Gasteiger partial charge in [0.15, 0.2) is 8.32 Å². The maximum atomic E-state index is 8.87. The Morgan fingerprint density at radius 2 is 1.25 bits per heavy atom. The molecule has 0 radical (unpaired) electrons. The topological polar surface area (TPSA) is 110 Å². The zero-order chi connectivity index (χ0) is 13.2. The SMILES string of the molecule is C[Si](C)(C)OCC(O)CO.OCC(O)CO. The zero-order valence-electron chi connectivity index (χ0n) is 10.1. The number of aliphatic hydroxyl groups is 5. The minimum Gasteiger partial charge on any atom is -0.415 e. The highest BCUT2D eigenvalue weighted by atomic mass is 28.4. The Morgan fingerprint density at radius 1 is 0.875 bits per heavy atom. The summed E-state index contributed by atoms with van der Waals surface area (Å²) >= 11 is 0. The van der Waals surface area contributed by atoms with Gasteiger partial charge in [-0.1, -0.05) is 0 Å². The van der Waals surface area contributed by atoms with E-state index in [9.17, 15) is 0 Å². The monoisotopic (exact) mass is 256 g/mol. The molecule has 7 heteroatoms. The van der Waals surface area contributed by atoms with Crippen molar-refractivity contribution in [2.24, 2.45) is 0 Å². The molecule has 0 saturated carbocycles. The molecule has 0 spiro atoms. The van der Waals surface area contributed by atoms with Crippen LogP contribution in [0.4, 0.5) is 0 Å². The molecule has 0 amide bonds. The van der Waals surface area contributed by atoms with E-state index < -0.39 is 20.5 Å². The summed E-state index contributed by atoms with van der Waals surface area (Å²) in [7, 11) is -1.51. The van der Waals surface area contributed by atoms with E-state index in [1.807, 2.05) is 19.6 Å². The molecule has 0 aliphatic heterocycles. The molecular weight excluding hydrogens is 232 g/mol. The third-order valence-electron chi connectivity index (χ3n) is 1.34. The van der Waals surface area contributed by atoms with Gasteiger partial charge in [0.2, 0.25) is 0 Å². The predicted molar refractivity (Wildman–Crippen MR) is 62.6 cm³/mol. The summed E-state index contributed by atoms with van der Waals surface area (Å²) in [6.45, 7) is 5.43. The second-order valence-corrected chi connectivity index (χ2v) is 8.79. The molecule has 0 aromatic rings. The van der Waals surface area contributed by atoms with Crippen LogP contribution in [0.1, 0.15) is 0 Å². The van der Waals surface area contributed by atoms with Crippen LogP contribution >= 0.6 is 0 Å². The largest absolute Gasteiger partial charge is 0.415 e. The lowest BCUT2D eigenvalue weighted by Crippen LogP contribution is -2.31. The molecule has 16 heavy (non-hydrogen) atoms. The Bertz CT molecular complexity index is 145. The van der Waals surface area contributed by atoms with Crippen molar-refractivity contribution in [2.45, 2.75) is 31.8 Å². The van der Waals surface area contributed by atoms with Crippen LogP contribution in [0, 0.1) is 0 Å². The minimum atomic E-state index is -1.51. The molecule has 0 heterocycles. The van der Waals surface area contributed by atoms with Gasteiger partial charge >= 0.3 is 0 Å². The van der Waals surface area contributed by atoms with Gasteiger partial charge in [-0.2, -0.15) is 0 Å². The fourth-order valence-electron chi connectivity index (χ4n) is 0.457. The van der Waals surface area contributed by atoms with E-state index in [0.717, 1.165) is 0 Å². The third kappa shape index (κ3) is 16.4. The number of hydrogen-bond donors (Lipinski definition) is 5. The first-order valence-corrected chi connectivity index (χ1v) is 8.50. The van der Waals surface area contributed by atoms with E-state index in [1.165, 1.54) is 0 Å². The van der Waals surface area contributed by atoms with Crippen molar-refractivity contribution in [3.05, 3.63) is 0 Å². The number of rotatable bonds is 6. The normalized spacial score (nSPS) is 13.3. The van der Waals surface area contributed by atoms with Crippen LogP contribution in [-0.4, -0.2) is 72.5 Å². The predicted octanol–water partition coefficient (Wildman–Crippen LogP) is -1.48. The molecule has 0 saturated heterocycles. The van der Waals surface area contributed by atoms with E-state index in [1.54, 1.807) is 0 Å². The summed E-state index contributed by atoms with van der Waals surface area (Å²) in [5.41, 5.74) is 0. The van der Waals surface area contributed by atoms with Gasteiger partial charge in [0.1, 0.15) is 6.10 Å². The first-order chi connectivity index (χ1) is 7.26. The molecule has 5 N–H and O–H groups in total. The van der Waals surface area contributed by atoms with Crippen LogP contribution in [0.15, 0.2) is 0 Å². The van der Waals surface area contributed by atoms with Crippen LogP contribution in [-0.2, 0) is 4.43 Å². The van der Waals surface area contributed by atoms with Gasteiger partial charge in [0, 0.05) is 0 Å². The van der Waals surface area contributed by atoms with E-state index in [0.29, 0.717) is 0 Å². The molecule has 0 aromatic heterocycles. The molecule has 0 rings (SSSR count). The Kier molecular flexibility index (Phi) is 11.6. The summed E-state index contributed by atoms with van der Waals surface area (Å²) in [4.78, 5) is 0. The van der Waals surface area contributed by atoms with E-state index >= 15 is 0 Å². The lowest BCUT2D eigenvalue weighted by molar-refractivity contribution is 0.0450. The Labute approximate surface area is 97.3 Å². The lowest BCUT2D eigenvalue weighted by atomic mass is 10.4. The van der Waals surface area contributed by atoms with E-state index in [-0.39, 0.29) is 26.4 Å². The quantitative estimate of drug-likeness (QED) is 0.371. The van der Waals surface area contributed by atoms with Crippen LogP contribution in [0.5, 0.6) is 0 Å². The Balaban J connectivity index is 0. The number of hydrogen-bond acceptors (Lipinski definition) is 6. The van der Waals surface area contributed by atoms with Gasteiger partial charge in [0.25, 0.3) is 0 Å². The fraction of sp³-hybridized carbons (Fsp3) is 1.00. The van der Waals surface area contributed by atoms with Crippen LogP contribution < -0.4 is 0 Å². The van der Waals surface area contributed by atoms with Crippen LogP contribution in [0.25, 0.3) is 0 Å². The molecule has 0 bridgehead atoms. The molecule has 0 aromatic carbocycles. The minimum absolute atomic E-state index is 0.218. The molecule has 0 aliphatic carbocycles. The second-order valence-electron chi connectivity index (χ2n) is 4.28. The molecule has 100 valence electrons. The van der Waals surface area contributed by atoms with Gasteiger partial charge in [-0.25, -0.2) is 0 Å². The summed E-state index contributed by atoms with van der Waals surface area (Å²) in [5.74, 6) is 0. The standard InChI is InChI=1S/C6H16O3Si.C3H8O3/c1-10(2,3)9-5-6(8)4-7;4-1-3(6)2-5/h6-8H,4-5H2,1-3H3;3-6H,1-2H2. The van der Waals surface area contributed by atoms with Gasteiger partial charge in [0.05, 0.1) is 32.5 Å². The Morgan fingerprint density at radius 3 is 1.44 bits per heavy atom.